The third kappa shape index (κ3) is 4.07. The fourth-order valence-electron chi connectivity index (χ4n) is 3.48. The maximum absolute atomic E-state index is 12.4. The zero-order chi connectivity index (χ0) is 20.9. The number of ether oxygens (including phenoxy) is 1. The molecule has 1 fully saturated rings. The summed E-state index contributed by atoms with van der Waals surface area (Å²) in [5, 5.41) is 8.55. The molecule has 1 aromatic carbocycles. The number of aromatic nitrogens is 5. The average molecular weight is 409 g/mol. The Hall–Kier alpha value is -3.56. The summed E-state index contributed by atoms with van der Waals surface area (Å²) in [6, 6.07) is 9.69. The lowest BCUT2D eigenvalue weighted by Crippen LogP contribution is -2.49. The van der Waals surface area contributed by atoms with Gasteiger partial charge in [-0.3, -0.25) is 9.59 Å². The number of anilines is 1. The molecule has 3 heterocycles. The van der Waals surface area contributed by atoms with Gasteiger partial charge in [0.15, 0.2) is 17.0 Å². The predicted molar refractivity (Wildman–Crippen MR) is 109 cm³/mol. The van der Waals surface area contributed by atoms with Crippen molar-refractivity contribution in [2.24, 2.45) is 0 Å². The van der Waals surface area contributed by atoms with E-state index in [0.717, 1.165) is 5.69 Å². The van der Waals surface area contributed by atoms with Gasteiger partial charge in [-0.05, 0) is 19.1 Å². The van der Waals surface area contributed by atoms with Gasteiger partial charge in [0.1, 0.15) is 6.33 Å². The number of para-hydroxylation sites is 1. The van der Waals surface area contributed by atoms with Crippen molar-refractivity contribution in [2.75, 3.05) is 37.7 Å². The molecule has 0 unspecified atom stereocenters. The first-order chi connectivity index (χ1) is 14.7. The van der Waals surface area contributed by atoms with Crippen LogP contribution in [0.4, 0.5) is 5.82 Å². The highest BCUT2D eigenvalue weighted by Gasteiger charge is 2.25. The van der Waals surface area contributed by atoms with Gasteiger partial charge in [-0.2, -0.15) is 4.68 Å². The van der Waals surface area contributed by atoms with Gasteiger partial charge >= 0.3 is 5.97 Å². The van der Waals surface area contributed by atoms with Crippen LogP contribution in [0.3, 0.4) is 0 Å². The molecule has 3 aromatic rings. The van der Waals surface area contributed by atoms with E-state index in [9.17, 15) is 9.59 Å². The van der Waals surface area contributed by atoms with E-state index in [2.05, 4.69) is 25.2 Å². The Bertz CT molecular complexity index is 1030. The number of fused-ring (bicyclic) bond motifs is 1. The minimum absolute atomic E-state index is 0.0365. The van der Waals surface area contributed by atoms with Crippen LogP contribution in [0.1, 0.15) is 19.8 Å². The summed E-state index contributed by atoms with van der Waals surface area (Å²) in [4.78, 5) is 36.5. The summed E-state index contributed by atoms with van der Waals surface area (Å²) in [6.07, 6.45) is 1.79. The highest BCUT2D eigenvalue weighted by atomic mass is 16.5. The number of hydrogen-bond donors (Lipinski definition) is 0. The second-order valence-corrected chi connectivity index (χ2v) is 6.88. The Morgan fingerprint density at radius 3 is 2.53 bits per heavy atom. The summed E-state index contributed by atoms with van der Waals surface area (Å²) in [6.45, 7) is 4.43. The number of rotatable bonds is 6. The second-order valence-electron chi connectivity index (χ2n) is 6.88. The molecule has 1 amide bonds. The van der Waals surface area contributed by atoms with Crippen molar-refractivity contribution in [1.29, 1.82) is 0 Å². The molecule has 1 aliphatic rings. The SMILES string of the molecule is CCOC(=O)CCC(=O)N1CCN(c2ncnc3c2nnn3-c2ccccc2)CC1. The van der Waals surface area contributed by atoms with Crippen molar-refractivity contribution >= 4 is 28.9 Å². The summed E-state index contributed by atoms with van der Waals surface area (Å²) in [5.41, 5.74) is 2.14. The summed E-state index contributed by atoms with van der Waals surface area (Å²) >= 11 is 0. The number of hydrogen-bond acceptors (Lipinski definition) is 8. The third-order valence-corrected chi connectivity index (χ3v) is 5.00. The number of esters is 1. The molecule has 0 N–H and O–H groups in total. The quantitative estimate of drug-likeness (QED) is 0.559. The molecule has 30 heavy (non-hydrogen) atoms. The molecule has 0 aliphatic carbocycles. The van der Waals surface area contributed by atoms with E-state index in [1.54, 1.807) is 16.5 Å². The van der Waals surface area contributed by atoms with Crippen LogP contribution in [0.5, 0.6) is 0 Å². The zero-order valence-electron chi connectivity index (χ0n) is 16.8. The fraction of sp³-hybridized carbons (Fsp3) is 0.400. The fourth-order valence-corrected chi connectivity index (χ4v) is 3.48. The summed E-state index contributed by atoms with van der Waals surface area (Å²) in [5.74, 6) is 0.334. The molecular formula is C20H23N7O3. The molecule has 156 valence electrons. The van der Waals surface area contributed by atoms with Gasteiger partial charge in [0.25, 0.3) is 0 Å². The number of carbonyl (C=O) groups is 2. The van der Waals surface area contributed by atoms with Gasteiger partial charge in [-0.1, -0.05) is 23.4 Å². The molecular weight excluding hydrogens is 386 g/mol. The van der Waals surface area contributed by atoms with Crippen LogP contribution in [-0.4, -0.2) is 74.5 Å². The minimum Gasteiger partial charge on any atom is -0.466 e. The Kier molecular flexibility index (Phi) is 5.82. The van der Waals surface area contributed by atoms with Gasteiger partial charge in [-0.15, -0.1) is 5.10 Å². The van der Waals surface area contributed by atoms with Crippen molar-refractivity contribution < 1.29 is 14.3 Å². The Morgan fingerprint density at radius 1 is 1.03 bits per heavy atom. The second kappa shape index (κ2) is 8.85. The Balaban J connectivity index is 1.43. The highest BCUT2D eigenvalue weighted by molar-refractivity contribution is 5.84. The van der Waals surface area contributed by atoms with Crippen molar-refractivity contribution in [3.8, 4) is 5.69 Å². The maximum Gasteiger partial charge on any atom is 0.306 e. The molecule has 0 saturated carbocycles. The number of nitrogens with zero attached hydrogens (tertiary/aromatic N) is 7. The van der Waals surface area contributed by atoms with Crippen molar-refractivity contribution in [3.63, 3.8) is 0 Å². The third-order valence-electron chi connectivity index (χ3n) is 5.00. The number of benzene rings is 1. The van der Waals surface area contributed by atoms with Crippen molar-refractivity contribution in [3.05, 3.63) is 36.7 Å². The van der Waals surface area contributed by atoms with Crippen LogP contribution in [0, 0.1) is 0 Å². The summed E-state index contributed by atoms with van der Waals surface area (Å²) < 4.78 is 6.57. The number of amides is 1. The molecule has 10 nitrogen and oxygen atoms in total. The molecule has 2 aromatic heterocycles. The van der Waals surface area contributed by atoms with E-state index in [0.29, 0.717) is 49.8 Å². The normalized spacial score (nSPS) is 14.2. The van der Waals surface area contributed by atoms with Crippen LogP contribution in [0.15, 0.2) is 36.7 Å². The van der Waals surface area contributed by atoms with E-state index in [1.807, 2.05) is 30.3 Å². The first kappa shape index (κ1) is 19.7. The first-order valence-electron chi connectivity index (χ1n) is 9.97. The van der Waals surface area contributed by atoms with E-state index < -0.39 is 0 Å². The van der Waals surface area contributed by atoms with Crippen LogP contribution >= 0.6 is 0 Å². The smallest absolute Gasteiger partial charge is 0.306 e. The van der Waals surface area contributed by atoms with Crippen LogP contribution in [0.2, 0.25) is 0 Å². The lowest BCUT2D eigenvalue weighted by Gasteiger charge is -2.35. The maximum atomic E-state index is 12.4. The average Bonchev–Trinajstić information content (AvgIpc) is 3.23. The van der Waals surface area contributed by atoms with E-state index in [1.165, 1.54) is 6.33 Å². The number of piperazine rings is 1. The molecule has 1 saturated heterocycles. The summed E-state index contributed by atoms with van der Waals surface area (Å²) in [7, 11) is 0. The van der Waals surface area contributed by atoms with E-state index in [-0.39, 0.29) is 24.7 Å². The molecule has 0 spiro atoms. The van der Waals surface area contributed by atoms with Crippen molar-refractivity contribution in [2.45, 2.75) is 19.8 Å². The Morgan fingerprint density at radius 2 is 1.80 bits per heavy atom. The van der Waals surface area contributed by atoms with Crippen LogP contribution in [0.25, 0.3) is 16.9 Å². The van der Waals surface area contributed by atoms with Crippen molar-refractivity contribution in [1.82, 2.24) is 29.9 Å². The van der Waals surface area contributed by atoms with Gasteiger partial charge < -0.3 is 14.5 Å². The topological polar surface area (TPSA) is 106 Å². The molecule has 1 aliphatic heterocycles. The van der Waals surface area contributed by atoms with Gasteiger partial charge in [0.05, 0.1) is 18.7 Å². The molecule has 4 rings (SSSR count). The molecule has 0 atom stereocenters. The largest absolute Gasteiger partial charge is 0.466 e. The first-order valence-corrected chi connectivity index (χ1v) is 9.97. The zero-order valence-corrected chi connectivity index (χ0v) is 16.8. The molecule has 0 bridgehead atoms. The lowest BCUT2D eigenvalue weighted by atomic mass is 10.2. The van der Waals surface area contributed by atoms with Crippen LogP contribution < -0.4 is 4.90 Å². The standard InChI is InChI=1S/C20H23N7O3/c1-2-30-17(29)9-8-16(28)25-10-12-26(13-11-25)19-18-20(22-14-21-19)27(24-23-18)15-6-4-3-5-7-15/h3-7,14H,2,8-13H2,1H3. The Labute approximate surface area is 173 Å². The minimum atomic E-state index is -0.339. The monoisotopic (exact) mass is 409 g/mol. The van der Waals surface area contributed by atoms with E-state index in [4.69, 9.17) is 4.74 Å². The van der Waals surface area contributed by atoms with E-state index >= 15 is 0 Å². The molecule has 0 radical (unpaired) electrons. The van der Waals surface area contributed by atoms with Crippen LogP contribution in [-0.2, 0) is 14.3 Å². The lowest BCUT2D eigenvalue weighted by molar-refractivity contribution is -0.145. The predicted octanol–water partition coefficient (Wildman–Crippen LogP) is 1.20. The van der Waals surface area contributed by atoms with Gasteiger partial charge in [-0.25, -0.2) is 9.97 Å². The molecule has 10 heteroatoms. The highest BCUT2D eigenvalue weighted by Crippen LogP contribution is 2.23. The number of carbonyl (C=O) groups excluding carboxylic acids is 2. The van der Waals surface area contributed by atoms with Gasteiger partial charge in [0, 0.05) is 32.6 Å². The van der Waals surface area contributed by atoms with Gasteiger partial charge in [0.2, 0.25) is 5.91 Å².